The summed E-state index contributed by atoms with van der Waals surface area (Å²) in [5, 5.41) is 2.78. The number of carbonyl (C=O) groups is 1. The molecule has 0 aliphatic rings. The van der Waals surface area contributed by atoms with Crippen LogP contribution in [0.25, 0.3) is 0 Å². The molecule has 0 unspecified atom stereocenters. The zero-order chi connectivity index (χ0) is 12.8. The molecule has 0 saturated heterocycles. The van der Waals surface area contributed by atoms with E-state index in [0.29, 0.717) is 25.3 Å². The van der Waals surface area contributed by atoms with Crippen LogP contribution in [-0.2, 0) is 13.1 Å². The number of nitrogens with two attached hydrogens (primary N) is 1. The van der Waals surface area contributed by atoms with Crippen LogP contribution in [0.4, 0.5) is 0 Å². The van der Waals surface area contributed by atoms with Crippen LogP contribution in [0.5, 0.6) is 0 Å². The lowest BCUT2D eigenvalue weighted by Gasteiger charge is -2.02. The Balaban J connectivity index is 1.91. The predicted molar refractivity (Wildman–Crippen MR) is 66.7 cm³/mol. The van der Waals surface area contributed by atoms with Crippen molar-refractivity contribution < 1.29 is 4.79 Å². The predicted octanol–water partition coefficient (Wildman–Crippen LogP) is 0.167. The molecule has 94 valence electrons. The SMILES string of the molecule is NCCn1cnc(C(=O)NCc2cccnc2)c1. The maximum absolute atomic E-state index is 11.8. The fourth-order valence-corrected chi connectivity index (χ4v) is 1.52. The molecule has 1 amide bonds. The molecule has 0 bridgehead atoms. The standard InChI is InChI=1S/C12H15N5O/c13-3-5-17-8-11(16-9-17)12(18)15-7-10-2-1-4-14-6-10/h1-2,4,6,8-9H,3,5,7,13H2,(H,15,18). The van der Waals surface area contributed by atoms with Crippen LogP contribution in [0, 0.1) is 0 Å². The normalized spacial score (nSPS) is 10.3. The number of hydrogen-bond acceptors (Lipinski definition) is 4. The summed E-state index contributed by atoms with van der Waals surface area (Å²) in [6.07, 6.45) is 6.70. The summed E-state index contributed by atoms with van der Waals surface area (Å²) >= 11 is 0. The number of aromatic nitrogens is 3. The molecule has 2 aromatic heterocycles. The molecule has 2 aromatic rings. The van der Waals surface area contributed by atoms with E-state index in [0.717, 1.165) is 5.56 Å². The number of nitrogens with zero attached hydrogens (tertiary/aromatic N) is 3. The summed E-state index contributed by atoms with van der Waals surface area (Å²) in [4.78, 5) is 19.8. The van der Waals surface area contributed by atoms with Crippen molar-refractivity contribution in [1.82, 2.24) is 19.9 Å². The van der Waals surface area contributed by atoms with E-state index in [9.17, 15) is 4.79 Å². The molecule has 0 radical (unpaired) electrons. The first kappa shape index (κ1) is 12.3. The number of hydrogen-bond donors (Lipinski definition) is 2. The third-order valence-electron chi connectivity index (χ3n) is 2.43. The van der Waals surface area contributed by atoms with Crippen LogP contribution in [0.1, 0.15) is 16.1 Å². The van der Waals surface area contributed by atoms with E-state index < -0.39 is 0 Å². The van der Waals surface area contributed by atoms with Gasteiger partial charge in [0.1, 0.15) is 5.69 Å². The van der Waals surface area contributed by atoms with Gasteiger partial charge in [-0.15, -0.1) is 0 Å². The van der Waals surface area contributed by atoms with Gasteiger partial charge in [-0.05, 0) is 11.6 Å². The van der Waals surface area contributed by atoms with Gasteiger partial charge in [0.05, 0.1) is 6.33 Å². The Morgan fingerprint density at radius 1 is 1.50 bits per heavy atom. The van der Waals surface area contributed by atoms with E-state index in [2.05, 4.69) is 15.3 Å². The summed E-state index contributed by atoms with van der Waals surface area (Å²) < 4.78 is 1.79. The van der Waals surface area contributed by atoms with Gasteiger partial charge in [0, 0.05) is 38.2 Å². The Morgan fingerprint density at radius 3 is 3.11 bits per heavy atom. The van der Waals surface area contributed by atoms with E-state index >= 15 is 0 Å². The Bertz CT molecular complexity index is 508. The monoisotopic (exact) mass is 245 g/mol. The summed E-state index contributed by atoms with van der Waals surface area (Å²) in [7, 11) is 0. The number of carbonyl (C=O) groups excluding carboxylic acids is 1. The lowest BCUT2D eigenvalue weighted by molar-refractivity contribution is 0.0946. The third kappa shape index (κ3) is 3.14. The maximum Gasteiger partial charge on any atom is 0.271 e. The Hall–Kier alpha value is -2.21. The average Bonchev–Trinajstić information content (AvgIpc) is 2.86. The van der Waals surface area contributed by atoms with Crippen molar-refractivity contribution in [2.75, 3.05) is 6.54 Å². The molecule has 0 saturated carbocycles. The van der Waals surface area contributed by atoms with E-state index in [-0.39, 0.29) is 5.91 Å². The van der Waals surface area contributed by atoms with Gasteiger partial charge in [0.25, 0.3) is 5.91 Å². The van der Waals surface area contributed by atoms with E-state index in [1.54, 1.807) is 29.5 Å². The van der Waals surface area contributed by atoms with Crippen molar-refractivity contribution in [2.45, 2.75) is 13.1 Å². The minimum absolute atomic E-state index is 0.199. The smallest absolute Gasteiger partial charge is 0.271 e. The molecule has 6 nitrogen and oxygen atoms in total. The zero-order valence-electron chi connectivity index (χ0n) is 9.91. The number of pyridine rings is 1. The van der Waals surface area contributed by atoms with E-state index in [1.165, 1.54) is 0 Å². The zero-order valence-corrected chi connectivity index (χ0v) is 9.91. The van der Waals surface area contributed by atoms with Gasteiger partial charge in [-0.3, -0.25) is 9.78 Å². The van der Waals surface area contributed by atoms with Crippen LogP contribution in [0.3, 0.4) is 0 Å². The minimum atomic E-state index is -0.199. The topological polar surface area (TPSA) is 85.8 Å². The first-order valence-electron chi connectivity index (χ1n) is 5.68. The Kier molecular flexibility index (Phi) is 4.03. The highest BCUT2D eigenvalue weighted by molar-refractivity contribution is 5.91. The first-order chi connectivity index (χ1) is 8.79. The molecular weight excluding hydrogens is 230 g/mol. The van der Waals surface area contributed by atoms with Crippen LogP contribution in [0.2, 0.25) is 0 Å². The first-order valence-corrected chi connectivity index (χ1v) is 5.68. The van der Waals surface area contributed by atoms with Gasteiger partial charge in [0.2, 0.25) is 0 Å². The number of nitrogens with one attached hydrogen (secondary N) is 1. The molecule has 0 aliphatic carbocycles. The lowest BCUT2D eigenvalue weighted by atomic mass is 10.3. The summed E-state index contributed by atoms with van der Waals surface area (Å²) in [6.45, 7) is 1.62. The second-order valence-electron chi connectivity index (χ2n) is 3.83. The molecule has 0 spiro atoms. The highest BCUT2D eigenvalue weighted by atomic mass is 16.1. The Morgan fingerprint density at radius 2 is 2.39 bits per heavy atom. The molecule has 0 aromatic carbocycles. The van der Waals surface area contributed by atoms with Gasteiger partial charge in [0.15, 0.2) is 0 Å². The van der Waals surface area contributed by atoms with Crippen molar-refractivity contribution >= 4 is 5.91 Å². The molecule has 2 heterocycles. The van der Waals surface area contributed by atoms with Crippen LogP contribution < -0.4 is 11.1 Å². The average molecular weight is 245 g/mol. The van der Waals surface area contributed by atoms with Crippen LogP contribution in [-0.4, -0.2) is 27.0 Å². The molecular formula is C12H15N5O. The van der Waals surface area contributed by atoms with Gasteiger partial charge in [-0.25, -0.2) is 4.98 Å². The molecule has 18 heavy (non-hydrogen) atoms. The van der Waals surface area contributed by atoms with Crippen molar-refractivity contribution in [3.8, 4) is 0 Å². The fourth-order valence-electron chi connectivity index (χ4n) is 1.52. The minimum Gasteiger partial charge on any atom is -0.347 e. The highest BCUT2D eigenvalue weighted by Gasteiger charge is 2.08. The molecule has 2 rings (SSSR count). The largest absolute Gasteiger partial charge is 0.347 e. The van der Waals surface area contributed by atoms with Gasteiger partial charge in [-0.2, -0.15) is 0 Å². The van der Waals surface area contributed by atoms with Crippen LogP contribution in [0.15, 0.2) is 37.1 Å². The lowest BCUT2D eigenvalue weighted by Crippen LogP contribution is -2.23. The number of amides is 1. The van der Waals surface area contributed by atoms with Crippen molar-refractivity contribution in [3.63, 3.8) is 0 Å². The number of rotatable bonds is 5. The summed E-state index contributed by atoms with van der Waals surface area (Å²) in [5.41, 5.74) is 6.77. The summed E-state index contributed by atoms with van der Waals surface area (Å²) in [6, 6.07) is 3.73. The second-order valence-corrected chi connectivity index (χ2v) is 3.83. The fraction of sp³-hybridized carbons (Fsp3) is 0.250. The van der Waals surface area contributed by atoms with E-state index in [1.807, 2.05) is 12.1 Å². The molecule has 3 N–H and O–H groups in total. The third-order valence-corrected chi connectivity index (χ3v) is 2.43. The molecule has 0 atom stereocenters. The van der Waals surface area contributed by atoms with Crippen molar-refractivity contribution in [1.29, 1.82) is 0 Å². The van der Waals surface area contributed by atoms with Gasteiger partial charge < -0.3 is 15.6 Å². The van der Waals surface area contributed by atoms with Gasteiger partial charge in [-0.1, -0.05) is 6.07 Å². The quantitative estimate of drug-likeness (QED) is 0.786. The Labute approximate surface area is 105 Å². The van der Waals surface area contributed by atoms with Crippen molar-refractivity contribution in [3.05, 3.63) is 48.3 Å². The van der Waals surface area contributed by atoms with E-state index in [4.69, 9.17) is 5.73 Å². The highest BCUT2D eigenvalue weighted by Crippen LogP contribution is 1.98. The van der Waals surface area contributed by atoms with Crippen LogP contribution >= 0.6 is 0 Å². The molecule has 0 aliphatic heterocycles. The number of imidazole rings is 1. The molecule has 0 fully saturated rings. The second kappa shape index (κ2) is 5.92. The molecule has 6 heteroatoms. The van der Waals surface area contributed by atoms with Gasteiger partial charge >= 0.3 is 0 Å². The summed E-state index contributed by atoms with van der Waals surface area (Å²) in [5.74, 6) is -0.199. The maximum atomic E-state index is 11.8. The van der Waals surface area contributed by atoms with Crippen molar-refractivity contribution in [2.24, 2.45) is 5.73 Å².